The third-order valence-electron chi connectivity index (χ3n) is 3.54. The average Bonchev–Trinajstić information content (AvgIpc) is 3.14. The van der Waals surface area contributed by atoms with E-state index in [0.717, 1.165) is 17.3 Å². The first-order chi connectivity index (χ1) is 10.3. The maximum Gasteiger partial charge on any atom is 0.133 e. The smallest absolute Gasteiger partial charge is 0.133 e. The summed E-state index contributed by atoms with van der Waals surface area (Å²) < 4.78 is 7.55. The molecule has 0 aliphatic rings. The molecule has 0 fully saturated rings. The number of pyridine rings is 1. The Balaban J connectivity index is 1.84. The highest BCUT2D eigenvalue weighted by Gasteiger charge is 2.20. The van der Waals surface area contributed by atoms with Gasteiger partial charge in [0.2, 0.25) is 0 Å². The summed E-state index contributed by atoms with van der Waals surface area (Å²) >= 11 is 0. The Morgan fingerprint density at radius 3 is 2.81 bits per heavy atom. The molecule has 3 rings (SSSR count). The minimum atomic E-state index is -0.0959. The zero-order chi connectivity index (χ0) is 14.7. The lowest BCUT2D eigenvalue weighted by atomic mass is 10.1. The van der Waals surface area contributed by atoms with E-state index in [1.165, 1.54) is 5.56 Å². The molecular formula is C16H18N4O. The summed E-state index contributed by atoms with van der Waals surface area (Å²) in [4.78, 5) is 8.84. The van der Waals surface area contributed by atoms with Gasteiger partial charge in [-0.3, -0.25) is 10.3 Å². The number of hydrogen-bond donors (Lipinski definition) is 1. The molecular weight excluding hydrogens is 264 g/mol. The van der Waals surface area contributed by atoms with Gasteiger partial charge < -0.3 is 8.98 Å². The monoisotopic (exact) mass is 282 g/mol. The molecule has 3 aromatic heterocycles. The van der Waals surface area contributed by atoms with Crippen molar-refractivity contribution in [3.8, 4) is 0 Å². The van der Waals surface area contributed by atoms with Gasteiger partial charge in [-0.2, -0.15) is 0 Å². The van der Waals surface area contributed by atoms with Gasteiger partial charge in [0, 0.05) is 32.2 Å². The molecule has 5 nitrogen and oxygen atoms in total. The number of nitrogens with one attached hydrogen (secondary N) is 1. The van der Waals surface area contributed by atoms with Crippen molar-refractivity contribution in [3.63, 3.8) is 0 Å². The summed E-state index contributed by atoms with van der Waals surface area (Å²) in [6, 6.07) is 7.76. The average molecular weight is 282 g/mol. The van der Waals surface area contributed by atoms with Gasteiger partial charge >= 0.3 is 0 Å². The van der Waals surface area contributed by atoms with Gasteiger partial charge in [0.25, 0.3) is 0 Å². The van der Waals surface area contributed by atoms with Crippen LogP contribution >= 0.6 is 0 Å². The molecule has 3 heterocycles. The van der Waals surface area contributed by atoms with E-state index in [1.54, 1.807) is 12.5 Å². The van der Waals surface area contributed by atoms with Crippen molar-refractivity contribution in [2.75, 3.05) is 0 Å². The lowest BCUT2D eigenvalue weighted by molar-refractivity contribution is 0.427. The van der Waals surface area contributed by atoms with Gasteiger partial charge in [0.1, 0.15) is 17.6 Å². The first-order valence-corrected chi connectivity index (χ1v) is 6.90. The van der Waals surface area contributed by atoms with Crippen LogP contribution < -0.4 is 5.32 Å². The topological polar surface area (TPSA) is 55.9 Å². The summed E-state index contributed by atoms with van der Waals surface area (Å²) in [6.07, 6.45) is 7.21. The molecule has 0 saturated carbocycles. The van der Waals surface area contributed by atoms with Crippen molar-refractivity contribution in [2.24, 2.45) is 7.05 Å². The van der Waals surface area contributed by atoms with Gasteiger partial charge in [0.05, 0.1) is 12.0 Å². The Morgan fingerprint density at radius 1 is 1.24 bits per heavy atom. The quantitative estimate of drug-likeness (QED) is 0.781. The van der Waals surface area contributed by atoms with Gasteiger partial charge in [0.15, 0.2) is 0 Å². The van der Waals surface area contributed by atoms with Crippen molar-refractivity contribution in [3.05, 3.63) is 72.0 Å². The van der Waals surface area contributed by atoms with Crippen LogP contribution in [0, 0.1) is 6.92 Å². The number of nitrogens with zero attached hydrogens (tertiary/aromatic N) is 3. The molecule has 3 aromatic rings. The van der Waals surface area contributed by atoms with Crippen molar-refractivity contribution in [1.29, 1.82) is 0 Å². The molecule has 1 atom stereocenters. The van der Waals surface area contributed by atoms with Crippen molar-refractivity contribution >= 4 is 0 Å². The van der Waals surface area contributed by atoms with E-state index in [9.17, 15) is 0 Å². The van der Waals surface area contributed by atoms with Crippen molar-refractivity contribution < 1.29 is 4.42 Å². The first kappa shape index (κ1) is 13.6. The first-order valence-electron chi connectivity index (χ1n) is 6.90. The second-order valence-corrected chi connectivity index (χ2v) is 4.99. The Labute approximate surface area is 123 Å². The highest BCUT2D eigenvalue weighted by Crippen LogP contribution is 2.21. The molecule has 0 aromatic carbocycles. The van der Waals surface area contributed by atoms with Crippen LogP contribution in [0.3, 0.4) is 0 Å². The zero-order valence-corrected chi connectivity index (χ0v) is 12.2. The fourth-order valence-corrected chi connectivity index (χ4v) is 2.33. The van der Waals surface area contributed by atoms with E-state index in [0.29, 0.717) is 6.54 Å². The van der Waals surface area contributed by atoms with Crippen LogP contribution in [0.1, 0.15) is 28.9 Å². The van der Waals surface area contributed by atoms with E-state index < -0.39 is 0 Å². The van der Waals surface area contributed by atoms with Crippen LogP contribution in [-0.4, -0.2) is 14.5 Å². The minimum Gasteiger partial charge on any atom is -0.467 e. The number of aryl methyl sites for hydroxylation is 2. The van der Waals surface area contributed by atoms with Crippen LogP contribution in [0.15, 0.2) is 53.5 Å². The molecule has 0 radical (unpaired) electrons. The fraction of sp³-hybridized carbons (Fsp3) is 0.250. The van der Waals surface area contributed by atoms with Gasteiger partial charge in [-0.1, -0.05) is 6.07 Å². The summed E-state index contributed by atoms with van der Waals surface area (Å²) in [6.45, 7) is 2.72. The molecule has 0 saturated heterocycles. The maximum absolute atomic E-state index is 5.56. The van der Waals surface area contributed by atoms with Crippen molar-refractivity contribution in [2.45, 2.75) is 19.5 Å². The van der Waals surface area contributed by atoms with E-state index in [2.05, 4.69) is 28.3 Å². The van der Waals surface area contributed by atoms with E-state index in [4.69, 9.17) is 4.42 Å². The molecule has 0 aliphatic carbocycles. The van der Waals surface area contributed by atoms with Crippen LogP contribution in [0.25, 0.3) is 0 Å². The predicted octanol–water partition coefficient (Wildman–Crippen LogP) is 2.60. The molecule has 5 heteroatoms. The molecule has 0 aliphatic heterocycles. The fourth-order valence-electron chi connectivity index (χ4n) is 2.33. The zero-order valence-electron chi connectivity index (χ0n) is 12.2. The number of rotatable bonds is 5. The third kappa shape index (κ3) is 2.87. The second kappa shape index (κ2) is 5.93. The van der Waals surface area contributed by atoms with Gasteiger partial charge in [-0.05, 0) is 30.7 Å². The number of furan rings is 1. The lowest BCUT2D eigenvalue weighted by Gasteiger charge is -2.17. The summed E-state index contributed by atoms with van der Waals surface area (Å²) in [7, 11) is 1.98. The second-order valence-electron chi connectivity index (χ2n) is 4.99. The molecule has 0 bridgehead atoms. The standard InChI is InChI=1S/C16H18N4O/c1-12-5-3-7-17-13(12)11-19-15(14-6-4-10-21-14)16-18-8-9-20(16)2/h3-10,15,19H,11H2,1-2H3. The minimum absolute atomic E-state index is 0.0959. The van der Waals surface area contributed by atoms with E-state index in [1.807, 2.05) is 42.2 Å². The van der Waals surface area contributed by atoms with Gasteiger partial charge in [-0.15, -0.1) is 0 Å². The van der Waals surface area contributed by atoms with Crippen molar-refractivity contribution in [1.82, 2.24) is 19.9 Å². The largest absolute Gasteiger partial charge is 0.467 e. The molecule has 1 N–H and O–H groups in total. The third-order valence-corrected chi connectivity index (χ3v) is 3.54. The molecule has 108 valence electrons. The Bertz CT molecular complexity index is 703. The Morgan fingerprint density at radius 2 is 2.14 bits per heavy atom. The maximum atomic E-state index is 5.56. The summed E-state index contributed by atoms with van der Waals surface area (Å²) in [5, 5.41) is 3.48. The van der Waals surface area contributed by atoms with Crippen LogP contribution in [0.4, 0.5) is 0 Å². The lowest BCUT2D eigenvalue weighted by Crippen LogP contribution is -2.25. The van der Waals surface area contributed by atoms with E-state index >= 15 is 0 Å². The Kier molecular flexibility index (Phi) is 3.83. The van der Waals surface area contributed by atoms with Gasteiger partial charge in [-0.25, -0.2) is 4.98 Å². The van der Waals surface area contributed by atoms with Crippen LogP contribution in [0.2, 0.25) is 0 Å². The number of hydrogen-bond acceptors (Lipinski definition) is 4. The number of imidazole rings is 1. The number of aromatic nitrogens is 3. The normalized spacial score (nSPS) is 12.5. The van der Waals surface area contributed by atoms with E-state index in [-0.39, 0.29) is 6.04 Å². The molecule has 1 unspecified atom stereocenters. The predicted molar refractivity (Wildman–Crippen MR) is 79.6 cm³/mol. The summed E-state index contributed by atoms with van der Waals surface area (Å²) in [5.74, 6) is 1.76. The SMILES string of the molecule is Cc1cccnc1CNC(c1ccco1)c1nccn1C. The highest BCUT2D eigenvalue weighted by atomic mass is 16.3. The molecule has 21 heavy (non-hydrogen) atoms. The highest BCUT2D eigenvalue weighted by molar-refractivity contribution is 5.20. The van der Waals surface area contributed by atoms with Crippen LogP contribution in [0.5, 0.6) is 0 Å². The van der Waals surface area contributed by atoms with Crippen LogP contribution in [-0.2, 0) is 13.6 Å². The Hall–Kier alpha value is -2.40. The molecule has 0 spiro atoms. The molecule has 0 amide bonds. The summed E-state index contributed by atoms with van der Waals surface area (Å²) in [5.41, 5.74) is 2.20.